The maximum Gasteiger partial charge on any atom is 0.256 e. The number of nitrogens with one attached hydrogen (secondary N) is 1. The second kappa shape index (κ2) is 10.2. The smallest absolute Gasteiger partial charge is 0.256 e. The molecule has 10 heteroatoms. The van der Waals surface area contributed by atoms with E-state index in [1.165, 1.54) is 18.9 Å². The van der Waals surface area contributed by atoms with Crippen LogP contribution in [0.25, 0.3) is 16.9 Å². The van der Waals surface area contributed by atoms with Crippen molar-refractivity contribution in [3.8, 4) is 11.3 Å². The summed E-state index contributed by atoms with van der Waals surface area (Å²) < 4.78 is 16.7. The van der Waals surface area contributed by atoms with Crippen LogP contribution in [0.4, 0.5) is 10.2 Å². The molecule has 1 unspecified atom stereocenters. The molecule has 1 saturated heterocycles. The first kappa shape index (κ1) is 25.2. The fourth-order valence-electron chi connectivity index (χ4n) is 4.17. The minimum absolute atomic E-state index is 0. The van der Waals surface area contributed by atoms with Crippen molar-refractivity contribution in [1.82, 2.24) is 24.4 Å². The fraction of sp³-hybridized carbons (Fsp3) is 0.435. The second-order valence-corrected chi connectivity index (χ2v) is 8.77. The number of hydrogen-bond donors (Lipinski definition) is 1. The molecule has 1 aromatic carbocycles. The highest BCUT2D eigenvalue weighted by atomic mass is 35.5. The molecular weight excluding hydrogens is 466 g/mol. The molecule has 0 bridgehead atoms. The Kier molecular flexibility index (Phi) is 7.82. The van der Waals surface area contributed by atoms with Crippen molar-refractivity contribution in [2.24, 2.45) is 5.92 Å². The van der Waals surface area contributed by atoms with Crippen molar-refractivity contribution >= 4 is 42.2 Å². The number of anilines is 1. The Morgan fingerprint density at radius 2 is 2.00 bits per heavy atom. The molecule has 33 heavy (non-hydrogen) atoms. The average molecular weight is 495 g/mol. The highest BCUT2D eigenvalue weighted by molar-refractivity contribution is 5.95. The van der Waals surface area contributed by atoms with Crippen LogP contribution in [0.2, 0.25) is 0 Å². The normalized spacial score (nSPS) is 18.0. The second-order valence-electron chi connectivity index (χ2n) is 8.77. The van der Waals surface area contributed by atoms with Crippen LogP contribution in [0.15, 0.2) is 36.5 Å². The molecular formula is C23H29Cl2FN6O. The molecule has 1 aliphatic carbocycles. The Labute approximate surface area is 205 Å². The summed E-state index contributed by atoms with van der Waals surface area (Å²) in [6, 6.07) is 8.65. The van der Waals surface area contributed by atoms with E-state index in [0.29, 0.717) is 16.9 Å². The fourth-order valence-corrected chi connectivity index (χ4v) is 4.17. The molecule has 1 amide bonds. The van der Waals surface area contributed by atoms with Crippen molar-refractivity contribution in [2.45, 2.75) is 25.3 Å². The van der Waals surface area contributed by atoms with E-state index in [1.807, 2.05) is 19.2 Å². The lowest BCUT2D eigenvalue weighted by molar-refractivity contribution is 0.0733. The number of nitrogens with zero attached hydrogens (tertiary/aromatic N) is 5. The van der Waals surface area contributed by atoms with Crippen molar-refractivity contribution in [2.75, 3.05) is 39.0 Å². The molecule has 1 saturated carbocycles. The number of carbonyl (C=O) groups excluding carboxylic acids is 1. The van der Waals surface area contributed by atoms with Gasteiger partial charge in [0.2, 0.25) is 0 Å². The van der Waals surface area contributed by atoms with Crippen LogP contribution < -0.4 is 5.32 Å². The summed E-state index contributed by atoms with van der Waals surface area (Å²) in [7, 11) is 3.79. The van der Waals surface area contributed by atoms with Crippen LogP contribution in [0, 0.1) is 11.7 Å². The molecule has 0 spiro atoms. The lowest BCUT2D eigenvalue weighted by atomic mass is 10.1. The highest BCUT2D eigenvalue weighted by Crippen LogP contribution is 2.29. The van der Waals surface area contributed by atoms with Gasteiger partial charge in [-0.3, -0.25) is 4.79 Å². The van der Waals surface area contributed by atoms with E-state index in [-0.39, 0.29) is 42.3 Å². The van der Waals surface area contributed by atoms with E-state index >= 15 is 0 Å². The first-order chi connectivity index (χ1) is 15.0. The zero-order chi connectivity index (χ0) is 21.5. The standard InChI is InChI=1S/C23H27FN6O.2ClH/c1-28-10-9-17(14-28)29(2)23(31)18-6-5-16(11-19(18)24)20-13-26-22-8-7-21(27-30(20)22)25-12-15-3-4-15;;/h5-8,11,13,15,17H,3-4,9-10,12,14H2,1-2H3,(H,25,27);2*1H. The molecule has 178 valence electrons. The predicted octanol–water partition coefficient (Wildman–Crippen LogP) is 3.98. The maximum absolute atomic E-state index is 15.0. The molecule has 2 aromatic heterocycles. The Bertz CT molecular complexity index is 1140. The molecule has 7 nitrogen and oxygen atoms in total. The quantitative estimate of drug-likeness (QED) is 0.561. The number of fused-ring (bicyclic) bond motifs is 1. The summed E-state index contributed by atoms with van der Waals surface area (Å²) >= 11 is 0. The van der Waals surface area contributed by atoms with Crippen molar-refractivity contribution in [3.05, 3.63) is 47.9 Å². The van der Waals surface area contributed by atoms with E-state index < -0.39 is 5.82 Å². The predicted molar refractivity (Wildman–Crippen MR) is 132 cm³/mol. The van der Waals surface area contributed by atoms with Gasteiger partial charge in [0.1, 0.15) is 11.6 Å². The molecule has 3 aromatic rings. The van der Waals surface area contributed by atoms with Gasteiger partial charge < -0.3 is 15.1 Å². The number of likely N-dealkylation sites (tertiary alicyclic amines) is 1. The van der Waals surface area contributed by atoms with Gasteiger partial charge in [0.15, 0.2) is 5.65 Å². The summed E-state index contributed by atoms with van der Waals surface area (Å²) in [5.41, 5.74) is 2.11. The Morgan fingerprint density at radius 1 is 1.21 bits per heavy atom. The Balaban J connectivity index is 0.00000153. The van der Waals surface area contributed by atoms with Crippen LogP contribution in [0.3, 0.4) is 0 Å². The summed E-state index contributed by atoms with van der Waals surface area (Å²) in [6.07, 6.45) is 5.12. The largest absolute Gasteiger partial charge is 0.368 e. The number of hydrogen-bond acceptors (Lipinski definition) is 5. The van der Waals surface area contributed by atoms with E-state index in [9.17, 15) is 9.18 Å². The molecule has 0 radical (unpaired) electrons. The topological polar surface area (TPSA) is 65.8 Å². The van der Waals surface area contributed by atoms with E-state index in [0.717, 1.165) is 37.8 Å². The number of benzene rings is 1. The lowest BCUT2D eigenvalue weighted by Crippen LogP contribution is -2.38. The molecule has 3 heterocycles. The van der Waals surface area contributed by atoms with Crippen LogP contribution in [-0.4, -0.2) is 70.1 Å². The summed E-state index contributed by atoms with van der Waals surface area (Å²) in [4.78, 5) is 21.1. The molecule has 5 rings (SSSR count). The van der Waals surface area contributed by atoms with Gasteiger partial charge in [-0.2, -0.15) is 0 Å². The van der Waals surface area contributed by atoms with E-state index in [4.69, 9.17) is 0 Å². The summed E-state index contributed by atoms with van der Waals surface area (Å²) in [5, 5.41) is 7.98. The highest BCUT2D eigenvalue weighted by Gasteiger charge is 2.28. The maximum atomic E-state index is 15.0. The van der Waals surface area contributed by atoms with Gasteiger partial charge in [-0.1, -0.05) is 6.07 Å². The Morgan fingerprint density at radius 3 is 2.67 bits per heavy atom. The van der Waals surface area contributed by atoms with Gasteiger partial charge in [-0.15, -0.1) is 29.9 Å². The number of likely N-dealkylation sites (N-methyl/N-ethyl adjacent to an activating group) is 2. The van der Waals surface area contributed by atoms with Crippen LogP contribution in [-0.2, 0) is 0 Å². The first-order valence-electron chi connectivity index (χ1n) is 10.8. The van der Waals surface area contributed by atoms with Gasteiger partial charge in [0, 0.05) is 31.7 Å². The first-order valence-corrected chi connectivity index (χ1v) is 10.8. The molecule has 2 aliphatic rings. The van der Waals surface area contributed by atoms with E-state index in [1.54, 1.807) is 34.8 Å². The SMILES string of the molecule is CN1CCC(N(C)C(=O)c2ccc(-c3cnc4ccc(NCC5CC5)nn34)cc2F)C1.Cl.Cl. The van der Waals surface area contributed by atoms with Crippen molar-refractivity contribution in [3.63, 3.8) is 0 Å². The van der Waals surface area contributed by atoms with Crippen molar-refractivity contribution in [1.29, 1.82) is 0 Å². The third kappa shape index (κ3) is 5.23. The molecule has 1 N–H and O–H groups in total. The molecule has 2 fully saturated rings. The lowest BCUT2D eigenvalue weighted by Gasteiger charge is -2.24. The number of halogens is 3. The number of imidazole rings is 1. The number of rotatable bonds is 6. The van der Waals surface area contributed by atoms with E-state index in [2.05, 4.69) is 20.3 Å². The monoisotopic (exact) mass is 494 g/mol. The van der Waals surface area contributed by atoms with Gasteiger partial charge in [-0.25, -0.2) is 13.9 Å². The van der Waals surface area contributed by atoms with Crippen LogP contribution in [0.1, 0.15) is 29.6 Å². The number of carbonyl (C=O) groups is 1. The number of aromatic nitrogens is 3. The third-order valence-electron chi connectivity index (χ3n) is 6.36. The Hall–Kier alpha value is -2.42. The van der Waals surface area contributed by atoms with Gasteiger partial charge in [0.05, 0.1) is 17.5 Å². The molecule has 1 atom stereocenters. The van der Waals surface area contributed by atoms with Crippen LogP contribution >= 0.6 is 24.8 Å². The number of amides is 1. The van der Waals surface area contributed by atoms with Crippen molar-refractivity contribution < 1.29 is 9.18 Å². The zero-order valence-corrected chi connectivity index (χ0v) is 20.3. The molecule has 1 aliphatic heterocycles. The van der Waals surface area contributed by atoms with Gasteiger partial charge >= 0.3 is 0 Å². The summed E-state index contributed by atoms with van der Waals surface area (Å²) in [6.45, 7) is 2.67. The minimum atomic E-state index is -0.529. The van der Waals surface area contributed by atoms with Crippen LogP contribution in [0.5, 0.6) is 0 Å². The average Bonchev–Trinajstić information content (AvgIpc) is 3.35. The zero-order valence-electron chi connectivity index (χ0n) is 18.7. The van der Waals surface area contributed by atoms with Gasteiger partial charge in [0.25, 0.3) is 5.91 Å². The minimum Gasteiger partial charge on any atom is -0.368 e. The third-order valence-corrected chi connectivity index (χ3v) is 6.36. The van der Waals surface area contributed by atoms with Gasteiger partial charge in [-0.05, 0) is 63.0 Å². The summed E-state index contributed by atoms with van der Waals surface area (Å²) in [5.74, 6) is 0.696.